The first kappa shape index (κ1) is 14.5. The number of methoxy groups -OCH3 is 1. The molecule has 1 aliphatic carbocycles. The van der Waals surface area contributed by atoms with Gasteiger partial charge in [-0.3, -0.25) is 5.43 Å². The van der Waals surface area contributed by atoms with Crippen molar-refractivity contribution in [2.45, 2.75) is 19.3 Å². The Labute approximate surface area is 124 Å². The zero-order valence-electron chi connectivity index (χ0n) is 11.5. The number of hydrogen-bond acceptors (Lipinski definition) is 3. The molecule has 0 bridgehead atoms. The number of anilines is 1. The van der Waals surface area contributed by atoms with E-state index in [4.69, 9.17) is 17.0 Å². The minimum Gasteiger partial charge on any atom is -0.495 e. The van der Waals surface area contributed by atoms with E-state index < -0.39 is 0 Å². The highest BCUT2D eigenvalue weighted by Gasteiger charge is 2.06. The summed E-state index contributed by atoms with van der Waals surface area (Å²) in [5, 5.41) is 7.72. The van der Waals surface area contributed by atoms with Gasteiger partial charge < -0.3 is 10.1 Å². The number of rotatable bonds is 4. The Balaban J connectivity index is 1.83. The molecule has 0 spiro atoms. The molecule has 0 amide bonds. The second-order valence-electron chi connectivity index (χ2n) is 4.59. The monoisotopic (exact) mass is 289 g/mol. The number of benzene rings is 1. The maximum absolute atomic E-state index is 5.25. The minimum atomic E-state index is 0.456. The van der Waals surface area contributed by atoms with Gasteiger partial charge >= 0.3 is 0 Å². The number of hydrazone groups is 1. The molecule has 0 aliphatic heterocycles. The lowest BCUT2D eigenvalue weighted by atomic mass is 9.96. The fraction of sp³-hybridized carbons (Fsp3) is 0.333. The van der Waals surface area contributed by atoms with Gasteiger partial charge in [-0.25, -0.2) is 0 Å². The molecule has 0 radical (unpaired) electrons. The second-order valence-corrected chi connectivity index (χ2v) is 5.00. The van der Waals surface area contributed by atoms with E-state index in [1.165, 1.54) is 0 Å². The third-order valence-corrected chi connectivity index (χ3v) is 3.31. The van der Waals surface area contributed by atoms with E-state index in [2.05, 4.69) is 28.0 Å². The van der Waals surface area contributed by atoms with Crippen molar-refractivity contribution in [3.63, 3.8) is 0 Å². The standard InChI is InChI=1S/C15H19N3OS/c1-19-14-10-6-5-9-13(14)17-15(20)18-16-11-12-7-3-2-4-8-12/h2-3,5-6,9-12H,4,7-8H2,1H3,(H2,17,18,20)/b16-11-/t12-/m0/s1. The average molecular weight is 289 g/mol. The lowest BCUT2D eigenvalue weighted by Crippen LogP contribution is -2.24. The Bertz CT molecular complexity index is 514. The first-order valence-electron chi connectivity index (χ1n) is 6.68. The highest BCUT2D eigenvalue weighted by atomic mass is 32.1. The molecule has 106 valence electrons. The molecular formula is C15H19N3OS. The Morgan fingerprint density at radius 1 is 1.40 bits per heavy atom. The zero-order valence-corrected chi connectivity index (χ0v) is 12.3. The highest BCUT2D eigenvalue weighted by molar-refractivity contribution is 7.80. The van der Waals surface area contributed by atoms with Crippen LogP contribution in [0.2, 0.25) is 0 Å². The van der Waals surface area contributed by atoms with E-state index in [-0.39, 0.29) is 0 Å². The number of para-hydroxylation sites is 2. The molecule has 0 aromatic heterocycles. The summed E-state index contributed by atoms with van der Waals surface area (Å²) in [6.07, 6.45) is 9.67. The van der Waals surface area contributed by atoms with Crippen molar-refractivity contribution in [2.24, 2.45) is 11.0 Å². The van der Waals surface area contributed by atoms with Crippen LogP contribution in [0.15, 0.2) is 41.5 Å². The Morgan fingerprint density at radius 2 is 2.25 bits per heavy atom. The highest BCUT2D eigenvalue weighted by Crippen LogP contribution is 2.22. The summed E-state index contributed by atoms with van der Waals surface area (Å²) in [5.41, 5.74) is 3.66. The van der Waals surface area contributed by atoms with Crippen LogP contribution in [0.4, 0.5) is 5.69 Å². The van der Waals surface area contributed by atoms with Gasteiger partial charge in [0.2, 0.25) is 0 Å². The molecule has 4 nitrogen and oxygen atoms in total. The first-order valence-corrected chi connectivity index (χ1v) is 7.08. The SMILES string of the molecule is COc1ccccc1NC(=S)N/N=C\[C@H]1CC=CCC1. The summed E-state index contributed by atoms with van der Waals surface area (Å²) in [6, 6.07) is 7.62. The second kappa shape index (κ2) is 7.65. The van der Waals surface area contributed by atoms with Crippen molar-refractivity contribution in [3.05, 3.63) is 36.4 Å². The van der Waals surface area contributed by atoms with Crippen LogP contribution in [-0.2, 0) is 0 Å². The van der Waals surface area contributed by atoms with Crippen LogP contribution in [0.5, 0.6) is 5.75 Å². The van der Waals surface area contributed by atoms with Gasteiger partial charge in [0.05, 0.1) is 12.8 Å². The predicted molar refractivity (Wildman–Crippen MR) is 87.3 cm³/mol. The van der Waals surface area contributed by atoms with E-state index in [0.717, 1.165) is 30.7 Å². The number of allylic oxidation sites excluding steroid dienone is 2. The van der Waals surface area contributed by atoms with Crippen molar-refractivity contribution in [1.82, 2.24) is 5.43 Å². The van der Waals surface area contributed by atoms with Gasteiger partial charge in [0, 0.05) is 6.21 Å². The van der Waals surface area contributed by atoms with Gasteiger partial charge in [-0.1, -0.05) is 24.3 Å². The van der Waals surface area contributed by atoms with Gasteiger partial charge in [-0.05, 0) is 49.5 Å². The summed E-state index contributed by atoms with van der Waals surface area (Å²) in [6.45, 7) is 0. The lowest BCUT2D eigenvalue weighted by Gasteiger charge is -2.13. The molecular weight excluding hydrogens is 270 g/mol. The number of thiocarbonyl (C=S) groups is 1. The third-order valence-electron chi connectivity index (χ3n) is 3.12. The zero-order chi connectivity index (χ0) is 14.2. The van der Waals surface area contributed by atoms with Gasteiger partial charge in [0.15, 0.2) is 5.11 Å². The lowest BCUT2D eigenvalue weighted by molar-refractivity contribution is 0.417. The molecule has 20 heavy (non-hydrogen) atoms. The maximum Gasteiger partial charge on any atom is 0.191 e. The molecule has 1 aromatic rings. The molecule has 1 atom stereocenters. The van der Waals surface area contributed by atoms with Crippen LogP contribution in [0.3, 0.4) is 0 Å². The molecule has 0 saturated carbocycles. The van der Waals surface area contributed by atoms with Crippen LogP contribution in [0.25, 0.3) is 0 Å². The fourth-order valence-electron chi connectivity index (χ4n) is 2.05. The number of nitrogens with one attached hydrogen (secondary N) is 2. The van der Waals surface area contributed by atoms with Crippen LogP contribution in [-0.4, -0.2) is 18.4 Å². The van der Waals surface area contributed by atoms with Gasteiger partial charge in [-0.15, -0.1) is 0 Å². The van der Waals surface area contributed by atoms with Crippen molar-refractivity contribution in [2.75, 3.05) is 12.4 Å². The summed E-state index contributed by atoms with van der Waals surface area (Å²) in [5.74, 6) is 1.25. The molecule has 2 rings (SSSR count). The fourth-order valence-corrected chi connectivity index (χ4v) is 2.21. The first-order chi connectivity index (χ1) is 9.79. The van der Waals surface area contributed by atoms with Crippen molar-refractivity contribution < 1.29 is 4.74 Å². The Morgan fingerprint density at radius 3 is 3.00 bits per heavy atom. The van der Waals surface area contributed by atoms with Crippen molar-refractivity contribution in [1.29, 1.82) is 0 Å². The molecule has 2 N–H and O–H groups in total. The van der Waals surface area contributed by atoms with Crippen LogP contribution >= 0.6 is 12.2 Å². The molecule has 1 aliphatic rings. The molecule has 0 unspecified atom stereocenters. The van der Waals surface area contributed by atoms with Gasteiger partial charge in [0.1, 0.15) is 5.75 Å². The number of nitrogens with zero attached hydrogens (tertiary/aromatic N) is 1. The smallest absolute Gasteiger partial charge is 0.191 e. The maximum atomic E-state index is 5.25. The molecule has 1 aromatic carbocycles. The summed E-state index contributed by atoms with van der Waals surface area (Å²) < 4.78 is 5.25. The summed E-state index contributed by atoms with van der Waals surface area (Å²) in [7, 11) is 1.63. The van der Waals surface area contributed by atoms with Gasteiger partial charge in [-0.2, -0.15) is 5.10 Å². The van der Waals surface area contributed by atoms with Gasteiger partial charge in [0.25, 0.3) is 0 Å². The Hall–Kier alpha value is -1.88. The third kappa shape index (κ3) is 4.35. The van der Waals surface area contributed by atoms with E-state index in [9.17, 15) is 0 Å². The summed E-state index contributed by atoms with van der Waals surface area (Å²) >= 11 is 5.20. The molecule has 0 saturated heterocycles. The van der Waals surface area contributed by atoms with Crippen LogP contribution < -0.4 is 15.5 Å². The van der Waals surface area contributed by atoms with E-state index in [0.29, 0.717) is 11.0 Å². The largest absolute Gasteiger partial charge is 0.495 e. The topological polar surface area (TPSA) is 45.6 Å². The number of ether oxygens (including phenoxy) is 1. The molecule has 0 fully saturated rings. The minimum absolute atomic E-state index is 0.456. The van der Waals surface area contributed by atoms with E-state index >= 15 is 0 Å². The number of hydrogen-bond donors (Lipinski definition) is 2. The average Bonchev–Trinajstić information content (AvgIpc) is 2.49. The van der Waals surface area contributed by atoms with Crippen molar-refractivity contribution in [3.8, 4) is 5.75 Å². The van der Waals surface area contributed by atoms with Crippen LogP contribution in [0, 0.1) is 5.92 Å². The normalized spacial score (nSPS) is 17.9. The summed E-state index contributed by atoms with van der Waals surface area (Å²) in [4.78, 5) is 0. The molecule has 5 heteroatoms. The van der Waals surface area contributed by atoms with E-state index in [1.54, 1.807) is 7.11 Å². The van der Waals surface area contributed by atoms with E-state index in [1.807, 2.05) is 30.5 Å². The van der Waals surface area contributed by atoms with Crippen LogP contribution in [0.1, 0.15) is 19.3 Å². The predicted octanol–water partition coefficient (Wildman–Crippen LogP) is 3.32. The Kier molecular flexibility index (Phi) is 5.55. The molecule has 0 heterocycles. The van der Waals surface area contributed by atoms with Crippen molar-refractivity contribution >= 4 is 29.2 Å². The quantitative estimate of drug-likeness (QED) is 0.386.